The summed E-state index contributed by atoms with van der Waals surface area (Å²) in [6.07, 6.45) is 1.58. The highest BCUT2D eigenvalue weighted by molar-refractivity contribution is 5.91. The molecule has 0 saturated carbocycles. The van der Waals surface area contributed by atoms with Gasteiger partial charge in [0, 0.05) is 25.3 Å². The Morgan fingerprint density at radius 2 is 2.05 bits per heavy atom. The maximum absolute atomic E-state index is 9.20. The lowest BCUT2D eigenvalue weighted by molar-refractivity contribution is 0.276. The van der Waals surface area contributed by atoms with Crippen molar-refractivity contribution in [2.45, 2.75) is 20.4 Å². The molecule has 2 N–H and O–H groups in total. The standard InChI is InChI=1S/C14H23N5O/c1-10-11(2)19(7-8-20)14-12(10)13(16-9-17-14)15-5-6-18(3)4/h9,20H,5-8H2,1-4H3,(H,15,16,17). The fourth-order valence-electron chi connectivity index (χ4n) is 2.37. The van der Waals surface area contributed by atoms with Crippen LogP contribution in [0.15, 0.2) is 6.33 Å². The van der Waals surface area contributed by atoms with E-state index in [1.54, 1.807) is 6.33 Å². The molecule has 0 atom stereocenters. The summed E-state index contributed by atoms with van der Waals surface area (Å²) in [5.41, 5.74) is 3.18. The Balaban J connectivity index is 2.39. The van der Waals surface area contributed by atoms with Crippen LogP contribution in [0.1, 0.15) is 11.3 Å². The monoisotopic (exact) mass is 277 g/mol. The zero-order valence-electron chi connectivity index (χ0n) is 12.6. The highest BCUT2D eigenvalue weighted by atomic mass is 16.3. The molecule has 0 radical (unpaired) electrons. The molecule has 110 valence electrons. The first-order valence-electron chi connectivity index (χ1n) is 6.86. The fraction of sp³-hybridized carbons (Fsp3) is 0.571. The van der Waals surface area contributed by atoms with Crippen LogP contribution < -0.4 is 5.32 Å². The van der Waals surface area contributed by atoms with E-state index < -0.39 is 0 Å². The second-order valence-corrected chi connectivity index (χ2v) is 5.24. The zero-order valence-corrected chi connectivity index (χ0v) is 12.6. The van der Waals surface area contributed by atoms with Crippen LogP contribution in [-0.2, 0) is 6.54 Å². The van der Waals surface area contributed by atoms with Crippen molar-refractivity contribution in [3.8, 4) is 0 Å². The largest absolute Gasteiger partial charge is 0.395 e. The van der Waals surface area contributed by atoms with Crippen molar-refractivity contribution >= 4 is 16.9 Å². The summed E-state index contributed by atoms with van der Waals surface area (Å²) in [7, 11) is 4.09. The van der Waals surface area contributed by atoms with Crippen LogP contribution in [0.3, 0.4) is 0 Å². The quantitative estimate of drug-likeness (QED) is 0.825. The van der Waals surface area contributed by atoms with Gasteiger partial charge in [0.2, 0.25) is 0 Å². The van der Waals surface area contributed by atoms with E-state index in [4.69, 9.17) is 0 Å². The third-order valence-electron chi connectivity index (χ3n) is 3.58. The van der Waals surface area contributed by atoms with Crippen molar-refractivity contribution in [1.82, 2.24) is 19.4 Å². The number of aliphatic hydroxyl groups excluding tert-OH is 1. The Morgan fingerprint density at radius 1 is 1.30 bits per heavy atom. The molecule has 0 bridgehead atoms. The number of anilines is 1. The first kappa shape index (κ1) is 14.7. The Morgan fingerprint density at radius 3 is 2.70 bits per heavy atom. The van der Waals surface area contributed by atoms with Gasteiger partial charge in [0.25, 0.3) is 0 Å². The molecule has 2 heterocycles. The van der Waals surface area contributed by atoms with Crippen molar-refractivity contribution in [3.63, 3.8) is 0 Å². The second-order valence-electron chi connectivity index (χ2n) is 5.24. The van der Waals surface area contributed by atoms with Gasteiger partial charge < -0.3 is 19.9 Å². The van der Waals surface area contributed by atoms with Gasteiger partial charge >= 0.3 is 0 Å². The maximum Gasteiger partial charge on any atom is 0.146 e. The number of hydrogen-bond donors (Lipinski definition) is 2. The van der Waals surface area contributed by atoms with E-state index in [2.05, 4.69) is 34.0 Å². The first-order valence-corrected chi connectivity index (χ1v) is 6.86. The number of hydrogen-bond acceptors (Lipinski definition) is 5. The van der Waals surface area contributed by atoms with E-state index in [1.165, 1.54) is 5.56 Å². The van der Waals surface area contributed by atoms with Crippen LogP contribution in [0.4, 0.5) is 5.82 Å². The average Bonchev–Trinajstić information content (AvgIpc) is 2.65. The van der Waals surface area contributed by atoms with Crippen LogP contribution >= 0.6 is 0 Å². The number of aliphatic hydroxyl groups is 1. The van der Waals surface area contributed by atoms with Crippen molar-refractivity contribution in [3.05, 3.63) is 17.6 Å². The molecular formula is C14H23N5O. The minimum Gasteiger partial charge on any atom is -0.395 e. The van der Waals surface area contributed by atoms with E-state index in [-0.39, 0.29) is 6.61 Å². The first-order chi connectivity index (χ1) is 9.56. The molecule has 2 aromatic heterocycles. The van der Waals surface area contributed by atoms with Crippen molar-refractivity contribution in [2.24, 2.45) is 0 Å². The number of nitrogens with zero attached hydrogens (tertiary/aromatic N) is 4. The van der Waals surface area contributed by atoms with Crippen LogP contribution in [-0.4, -0.2) is 58.3 Å². The molecule has 6 heteroatoms. The van der Waals surface area contributed by atoms with Gasteiger partial charge in [0.1, 0.15) is 17.8 Å². The van der Waals surface area contributed by atoms with Crippen molar-refractivity contribution in [2.75, 3.05) is 39.1 Å². The average molecular weight is 277 g/mol. The van der Waals surface area contributed by atoms with E-state index in [9.17, 15) is 5.11 Å². The van der Waals surface area contributed by atoms with E-state index in [0.29, 0.717) is 6.54 Å². The Hall–Kier alpha value is -1.66. The maximum atomic E-state index is 9.20. The molecular weight excluding hydrogens is 254 g/mol. The SMILES string of the molecule is Cc1c(C)n(CCO)c2ncnc(NCCN(C)C)c12. The van der Waals surface area contributed by atoms with E-state index in [0.717, 1.165) is 35.6 Å². The summed E-state index contributed by atoms with van der Waals surface area (Å²) in [5, 5.41) is 13.6. The zero-order chi connectivity index (χ0) is 14.7. The number of likely N-dealkylation sites (N-methyl/N-ethyl adjacent to an activating group) is 1. The normalized spacial score (nSPS) is 11.5. The molecule has 20 heavy (non-hydrogen) atoms. The van der Waals surface area contributed by atoms with Gasteiger partial charge in [-0.1, -0.05) is 0 Å². The van der Waals surface area contributed by atoms with Gasteiger partial charge in [0.05, 0.1) is 12.0 Å². The van der Waals surface area contributed by atoms with Crippen molar-refractivity contribution < 1.29 is 5.11 Å². The van der Waals surface area contributed by atoms with Gasteiger partial charge in [0.15, 0.2) is 0 Å². The minimum atomic E-state index is 0.109. The number of aryl methyl sites for hydroxylation is 1. The highest BCUT2D eigenvalue weighted by Gasteiger charge is 2.15. The minimum absolute atomic E-state index is 0.109. The van der Waals surface area contributed by atoms with E-state index in [1.807, 2.05) is 18.7 Å². The molecule has 0 aromatic carbocycles. The molecule has 0 fully saturated rings. The molecule has 2 aromatic rings. The van der Waals surface area contributed by atoms with Crippen LogP contribution in [0.5, 0.6) is 0 Å². The highest BCUT2D eigenvalue weighted by Crippen LogP contribution is 2.28. The lowest BCUT2D eigenvalue weighted by Gasteiger charge is -2.11. The fourth-order valence-corrected chi connectivity index (χ4v) is 2.37. The molecule has 0 amide bonds. The topological polar surface area (TPSA) is 66.2 Å². The van der Waals surface area contributed by atoms with Gasteiger partial charge in [-0.05, 0) is 33.5 Å². The van der Waals surface area contributed by atoms with E-state index >= 15 is 0 Å². The predicted molar refractivity (Wildman–Crippen MR) is 81.1 cm³/mol. The number of aromatic nitrogens is 3. The molecule has 0 aliphatic heterocycles. The van der Waals surface area contributed by atoms with Gasteiger partial charge in [-0.15, -0.1) is 0 Å². The summed E-state index contributed by atoms with van der Waals surface area (Å²) in [6, 6.07) is 0. The summed E-state index contributed by atoms with van der Waals surface area (Å²) in [4.78, 5) is 10.9. The summed E-state index contributed by atoms with van der Waals surface area (Å²) in [6.45, 7) is 6.58. The molecule has 0 saturated heterocycles. The van der Waals surface area contributed by atoms with Crippen LogP contribution in [0, 0.1) is 13.8 Å². The summed E-state index contributed by atoms with van der Waals surface area (Å²) < 4.78 is 2.05. The second kappa shape index (κ2) is 6.19. The van der Waals surface area contributed by atoms with Gasteiger partial charge in [-0.3, -0.25) is 0 Å². The van der Waals surface area contributed by atoms with Gasteiger partial charge in [-0.25, -0.2) is 9.97 Å². The Labute approximate surface area is 119 Å². The van der Waals surface area contributed by atoms with Crippen molar-refractivity contribution in [1.29, 1.82) is 0 Å². The Bertz CT molecular complexity index is 591. The predicted octanol–water partition coefficient (Wildman–Crippen LogP) is 1.01. The smallest absolute Gasteiger partial charge is 0.146 e. The number of rotatable bonds is 6. The number of nitrogens with one attached hydrogen (secondary N) is 1. The van der Waals surface area contributed by atoms with Gasteiger partial charge in [-0.2, -0.15) is 0 Å². The summed E-state index contributed by atoms with van der Waals surface area (Å²) >= 11 is 0. The van der Waals surface area contributed by atoms with Crippen LogP contribution in [0.25, 0.3) is 11.0 Å². The third-order valence-corrected chi connectivity index (χ3v) is 3.58. The molecule has 0 spiro atoms. The molecule has 0 aliphatic carbocycles. The Kier molecular flexibility index (Phi) is 4.57. The molecule has 2 rings (SSSR count). The number of fused-ring (bicyclic) bond motifs is 1. The molecule has 0 aliphatic rings. The van der Waals surface area contributed by atoms with Crippen LogP contribution in [0.2, 0.25) is 0 Å². The molecule has 0 unspecified atom stereocenters. The third kappa shape index (κ3) is 2.76. The lowest BCUT2D eigenvalue weighted by Crippen LogP contribution is -2.21. The lowest BCUT2D eigenvalue weighted by atomic mass is 10.2. The molecule has 6 nitrogen and oxygen atoms in total. The summed E-state index contributed by atoms with van der Waals surface area (Å²) in [5.74, 6) is 0.870.